The maximum atomic E-state index is 5.12. The standard InChI is InChI=1S/C36H36N6/c1-5-14-27(15-6-1)31-25-33(39-35(37-31)41-20-9-3-10-21-41)29-18-13-19-30(24-29)34-26-32(28-16-7-2-8-17-28)38-36(40-34)42-22-11-4-12-23-42/h1-2,5-8,13-19,24-26H,3-4,9-12,20-23H2. The Balaban J connectivity index is 1.31. The highest BCUT2D eigenvalue weighted by Gasteiger charge is 2.19. The van der Waals surface area contributed by atoms with E-state index in [1.165, 1.54) is 38.5 Å². The largest absolute Gasteiger partial charge is 0.341 e. The average molecular weight is 553 g/mol. The summed E-state index contributed by atoms with van der Waals surface area (Å²) in [6, 6.07) is 33.7. The van der Waals surface area contributed by atoms with E-state index in [9.17, 15) is 0 Å². The number of rotatable bonds is 6. The first-order valence-corrected chi connectivity index (χ1v) is 15.3. The second-order valence-electron chi connectivity index (χ2n) is 11.3. The fraction of sp³-hybridized carbons (Fsp3) is 0.278. The number of hydrogen-bond acceptors (Lipinski definition) is 6. The van der Waals surface area contributed by atoms with Crippen LogP contribution < -0.4 is 9.80 Å². The zero-order chi connectivity index (χ0) is 28.1. The lowest BCUT2D eigenvalue weighted by molar-refractivity contribution is 0.568. The summed E-state index contributed by atoms with van der Waals surface area (Å²) in [6.45, 7) is 4.00. The van der Waals surface area contributed by atoms with Crippen LogP contribution in [0.25, 0.3) is 45.0 Å². The monoisotopic (exact) mass is 552 g/mol. The Morgan fingerprint density at radius 1 is 0.357 bits per heavy atom. The lowest BCUT2D eigenvalue weighted by Gasteiger charge is -2.27. The lowest BCUT2D eigenvalue weighted by atomic mass is 10.0. The summed E-state index contributed by atoms with van der Waals surface area (Å²) >= 11 is 0. The molecule has 7 rings (SSSR count). The molecule has 0 aliphatic carbocycles. The molecule has 6 heteroatoms. The van der Waals surface area contributed by atoms with E-state index in [-0.39, 0.29) is 0 Å². The van der Waals surface area contributed by atoms with Crippen molar-refractivity contribution < 1.29 is 0 Å². The second-order valence-corrected chi connectivity index (χ2v) is 11.3. The topological polar surface area (TPSA) is 58.0 Å². The third kappa shape index (κ3) is 5.75. The molecule has 0 saturated carbocycles. The molecule has 0 bridgehead atoms. The van der Waals surface area contributed by atoms with Crippen LogP contribution in [0, 0.1) is 0 Å². The predicted octanol–water partition coefficient (Wildman–Crippen LogP) is 7.92. The van der Waals surface area contributed by atoms with Gasteiger partial charge in [0.2, 0.25) is 11.9 Å². The highest BCUT2D eigenvalue weighted by atomic mass is 15.3. The highest BCUT2D eigenvalue weighted by Crippen LogP contribution is 2.32. The van der Waals surface area contributed by atoms with Gasteiger partial charge in [-0.1, -0.05) is 78.9 Å². The van der Waals surface area contributed by atoms with Crippen molar-refractivity contribution in [3.8, 4) is 45.0 Å². The molecule has 0 atom stereocenters. The summed E-state index contributed by atoms with van der Waals surface area (Å²) in [5.74, 6) is 1.63. The van der Waals surface area contributed by atoms with Crippen LogP contribution in [0.3, 0.4) is 0 Å². The van der Waals surface area contributed by atoms with Crippen molar-refractivity contribution in [1.82, 2.24) is 19.9 Å². The summed E-state index contributed by atoms with van der Waals surface area (Å²) < 4.78 is 0. The van der Waals surface area contributed by atoms with Crippen LogP contribution in [0.4, 0.5) is 11.9 Å². The van der Waals surface area contributed by atoms with Gasteiger partial charge in [0.05, 0.1) is 22.8 Å². The number of hydrogen-bond donors (Lipinski definition) is 0. The summed E-state index contributed by atoms with van der Waals surface area (Å²) in [5, 5.41) is 0. The molecule has 0 unspecified atom stereocenters. The van der Waals surface area contributed by atoms with Gasteiger partial charge in [-0.25, -0.2) is 19.9 Å². The van der Waals surface area contributed by atoms with Crippen LogP contribution in [0.5, 0.6) is 0 Å². The van der Waals surface area contributed by atoms with Gasteiger partial charge >= 0.3 is 0 Å². The van der Waals surface area contributed by atoms with Gasteiger partial charge in [-0.15, -0.1) is 0 Å². The fourth-order valence-electron chi connectivity index (χ4n) is 5.99. The minimum Gasteiger partial charge on any atom is -0.341 e. The molecular formula is C36H36N6. The Morgan fingerprint density at radius 3 is 1.12 bits per heavy atom. The normalized spacial score (nSPS) is 15.5. The molecule has 0 spiro atoms. The molecule has 2 fully saturated rings. The van der Waals surface area contributed by atoms with Gasteiger partial charge in [-0.2, -0.15) is 0 Å². The maximum Gasteiger partial charge on any atom is 0.226 e. The Kier molecular flexibility index (Phi) is 7.59. The number of benzene rings is 3. The van der Waals surface area contributed by atoms with E-state index < -0.39 is 0 Å². The summed E-state index contributed by atoms with van der Waals surface area (Å²) in [7, 11) is 0. The van der Waals surface area contributed by atoms with E-state index >= 15 is 0 Å². The highest BCUT2D eigenvalue weighted by molar-refractivity contribution is 5.76. The number of nitrogens with zero attached hydrogens (tertiary/aromatic N) is 6. The first-order chi connectivity index (χ1) is 20.8. The van der Waals surface area contributed by atoms with E-state index in [2.05, 4.69) is 94.7 Å². The molecule has 0 radical (unpaired) electrons. The van der Waals surface area contributed by atoms with Crippen molar-refractivity contribution in [2.24, 2.45) is 0 Å². The molecule has 2 aliphatic heterocycles. The lowest BCUT2D eigenvalue weighted by Crippen LogP contribution is -2.31. The van der Waals surface area contributed by atoms with Crippen molar-refractivity contribution >= 4 is 11.9 Å². The molecule has 42 heavy (non-hydrogen) atoms. The average Bonchev–Trinajstić information content (AvgIpc) is 3.09. The molecule has 2 aromatic heterocycles. The van der Waals surface area contributed by atoms with Crippen LogP contribution in [0.2, 0.25) is 0 Å². The molecule has 3 aromatic carbocycles. The van der Waals surface area contributed by atoms with Gasteiger partial charge in [0.25, 0.3) is 0 Å². The predicted molar refractivity (Wildman–Crippen MR) is 171 cm³/mol. The summed E-state index contributed by atoms with van der Waals surface area (Å²) in [4.78, 5) is 25.0. The molecule has 0 amide bonds. The Hall–Kier alpha value is -4.58. The van der Waals surface area contributed by atoms with E-state index in [0.29, 0.717) is 0 Å². The van der Waals surface area contributed by atoms with Gasteiger partial charge in [0.15, 0.2) is 0 Å². The number of aromatic nitrogens is 4. The maximum absolute atomic E-state index is 5.12. The molecule has 210 valence electrons. The van der Waals surface area contributed by atoms with E-state index in [1.807, 2.05) is 12.1 Å². The van der Waals surface area contributed by atoms with Gasteiger partial charge < -0.3 is 9.80 Å². The third-order valence-corrected chi connectivity index (χ3v) is 8.30. The van der Waals surface area contributed by atoms with Crippen molar-refractivity contribution in [3.05, 3.63) is 97.1 Å². The first kappa shape index (κ1) is 26.3. The van der Waals surface area contributed by atoms with E-state index in [4.69, 9.17) is 19.9 Å². The van der Waals surface area contributed by atoms with Crippen molar-refractivity contribution in [2.45, 2.75) is 38.5 Å². The first-order valence-electron chi connectivity index (χ1n) is 15.3. The van der Waals surface area contributed by atoms with Crippen LogP contribution in [-0.2, 0) is 0 Å². The van der Waals surface area contributed by atoms with Crippen molar-refractivity contribution in [3.63, 3.8) is 0 Å². The Labute approximate surface area is 248 Å². The smallest absolute Gasteiger partial charge is 0.226 e. The van der Waals surface area contributed by atoms with Gasteiger partial charge in [-0.05, 0) is 56.7 Å². The third-order valence-electron chi connectivity index (χ3n) is 8.30. The Bertz CT molecular complexity index is 1520. The van der Waals surface area contributed by atoms with E-state index in [1.54, 1.807) is 0 Å². The molecular weight excluding hydrogens is 516 g/mol. The molecule has 4 heterocycles. The minimum absolute atomic E-state index is 0.817. The van der Waals surface area contributed by atoms with Crippen LogP contribution >= 0.6 is 0 Å². The molecule has 2 aliphatic rings. The summed E-state index contributed by atoms with van der Waals surface area (Å²) in [5.41, 5.74) is 8.09. The van der Waals surface area contributed by atoms with E-state index in [0.717, 1.165) is 83.1 Å². The quantitative estimate of drug-likeness (QED) is 0.213. The SMILES string of the molecule is c1ccc(-c2cc(-c3cccc(-c4cc(-c5ccccc5)nc(N5CCCCC5)n4)c3)nc(N3CCCCC3)n2)cc1. The second kappa shape index (κ2) is 12.1. The molecule has 0 N–H and O–H groups in total. The molecule has 6 nitrogen and oxygen atoms in total. The summed E-state index contributed by atoms with van der Waals surface area (Å²) in [6.07, 6.45) is 7.27. The molecule has 2 saturated heterocycles. The van der Waals surface area contributed by atoms with Crippen LogP contribution in [-0.4, -0.2) is 46.1 Å². The number of piperidine rings is 2. The van der Waals surface area contributed by atoms with Crippen molar-refractivity contribution in [2.75, 3.05) is 36.0 Å². The fourth-order valence-corrected chi connectivity index (χ4v) is 5.99. The van der Waals surface area contributed by atoms with Gasteiger partial charge in [-0.3, -0.25) is 0 Å². The van der Waals surface area contributed by atoms with Gasteiger partial charge in [0, 0.05) is 48.4 Å². The zero-order valence-corrected chi connectivity index (χ0v) is 24.0. The minimum atomic E-state index is 0.817. The van der Waals surface area contributed by atoms with Crippen molar-refractivity contribution in [1.29, 1.82) is 0 Å². The molecule has 5 aromatic rings. The zero-order valence-electron chi connectivity index (χ0n) is 24.0. The Morgan fingerprint density at radius 2 is 0.714 bits per heavy atom. The van der Waals surface area contributed by atoms with Gasteiger partial charge in [0.1, 0.15) is 0 Å². The van der Waals surface area contributed by atoms with Crippen LogP contribution in [0.15, 0.2) is 97.1 Å². The number of anilines is 2. The van der Waals surface area contributed by atoms with Crippen LogP contribution in [0.1, 0.15) is 38.5 Å².